The first-order valence-electron chi connectivity index (χ1n) is 16.7. The SMILES string of the molecule is C1=CCC(C2(c3ccccc3)c3ccccc3-c3cc4c5ccccc5n(-c5nc(-c6ccccc6)c6ccccc6n5)c4cc32)C=C1. The summed E-state index contributed by atoms with van der Waals surface area (Å²) in [5.74, 6) is 0.934. The summed E-state index contributed by atoms with van der Waals surface area (Å²) in [7, 11) is 0. The molecule has 0 aliphatic heterocycles. The van der Waals surface area contributed by atoms with Crippen molar-refractivity contribution < 1.29 is 0 Å². The third-order valence-corrected chi connectivity index (χ3v) is 10.5. The zero-order valence-electron chi connectivity index (χ0n) is 26.3. The quantitative estimate of drug-likeness (QED) is 0.198. The lowest BCUT2D eigenvalue weighted by Gasteiger charge is -2.39. The van der Waals surface area contributed by atoms with Crippen LogP contribution in [0.1, 0.15) is 23.1 Å². The molecule has 2 aliphatic carbocycles. The second-order valence-corrected chi connectivity index (χ2v) is 12.9. The summed E-state index contributed by atoms with van der Waals surface area (Å²) < 4.78 is 2.29. The van der Waals surface area contributed by atoms with Gasteiger partial charge in [0.25, 0.3) is 0 Å². The van der Waals surface area contributed by atoms with Gasteiger partial charge in [-0.3, -0.25) is 4.57 Å². The summed E-state index contributed by atoms with van der Waals surface area (Å²) in [5.41, 5.74) is 11.4. The number of aromatic nitrogens is 3. The van der Waals surface area contributed by atoms with Crippen molar-refractivity contribution in [3.63, 3.8) is 0 Å². The molecule has 0 N–H and O–H groups in total. The van der Waals surface area contributed by atoms with Crippen LogP contribution in [0.5, 0.6) is 0 Å². The van der Waals surface area contributed by atoms with E-state index in [-0.39, 0.29) is 11.3 Å². The predicted molar refractivity (Wildman–Crippen MR) is 197 cm³/mol. The van der Waals surface area contributed by atoms with Crippen molar-refractivity contribution in [2.45, 2.75) is 11.8 Å². The van der Waals surface area contributed by atoms with Crippen molar-refractivity contribution in [1.29, 1.82) is 0 Å². The minimum absolute atomic E-state index is 0.254. The molecule has 3 heteroatoms. The molecular weight excluding hydrogens is 583 g/mol. The van der Waals surface area contributed by atoms with E-state index in [4.69, 9.17) is 9.97 Å². The molecule has 0 saturated carbocycles. The lowest BCUT2D eigenvalue weighted by atomic mass is 9.62. The van der Waals surface area contributed by atoms with Crippen LogP contribution in [0.25, 0.3) is 61.0 Å². The summed E-state index contributed by atoms with van der Waals surface area (Å²) in [4.78, 5) is 10.6. The number of allylic oxidation sites excluding steroid dienone is 4. The Labute approximate surface area is 279 Å². The highest BCUT2D eigenvalue weighted by Gasteiger charge is 2.49. The van der Waals surface area contributed by atoms with E-state index in [1.165, 1.54) is 38.6 Å². The Bertz CT molecular complexity index is 2590. The van der Waals surface area contributed by atoms with E-state index in [0.717, 1.165) is 39.6 Å². The van der Waals surface area contributed by atoms with E-state index >= 15 is 0 Å². The summed E-state index contributed by atoms with van der Waals surface area (Å²) in [6, 6.07) is 52.6. The Morgan fingerprint density at radius 1 is 0.562 bits per heavy atom. The maximum absolute atomic E-state index is 5.36. The zero-order valence-corrected chi connectivity index (χ0v) is 26.3. The maximum Gasteiger partial charge on any atom is 0.235 e. The Morgan fingerprint density at radius 2 is 1.29 bits per heavy atom. The molecule has 8 aromatic rings. The van der Waals surface area contributed by atoms with E-state index in [1.54, 1.807) is 0 Å². The Kier molecular flexibility index (Phi) is 5.91. The van der Waals surface area contributed by atoms with Crippen LogP contribution in [0, 0.1) is 5.92 Å². The molecule has 2 unspecified atom stereocenters. The number of rotatable bonds is 4. The zero-order chi connectivity index (χ0) is 31.7. The van der Waals surface area contributed by atoms with Gasteiger partial charge >= 0.3 is 0 Å². The number of nitrogens with zero attached hydrogens (tertiary/aromatic N) is 3. The Hall–Kier alpha value is -6.06. The molecule has 6 aromatic carbocycles. The molecule has 2 aliphatic rings. The third kappa shape index (κ3) is 3.76. The van der Waals surface area contributed by atoms with Crippen LogP contribution in [-0.2, 0) is 5.41 Å². The van der Waals surface area contributed by atoms with Crippen molar-refractivity contribution in [3.8, 4) is 28.3 Å². The number of hydrogen-bond donors (Lipinski definition) is 0. The molecule has 2 atom stereocenters. The van der Waals surface area contributed by atoms with Gasteiger partial charge in [0.1, 0.15) is 0 Å². The van der Waals surface area contributed by atoms with Crippen LogP contribution in [0.2, 0.25) is 0 Å². The van der Waals surface area contributed by atoms with Gasteiger partial charge in [-0.25, -0.2) is 9.97 Å². The first kappa shape index (κ1) is 27.1. The summed E-state index contributed by atoms with van der Waals surface area (Å²) in [5, 5.41) is 3.45. The van der Waals surface area contributed by atoms with E-state index < -0.39 is 0 Å². The van der Waals surface area contributed by atoms with Crippen LogP contribution in [0.15, 0.2) is 170 Å². The fourth-order valence-corrected chi connectivity index (χ4v) is 8.49. The van der Waals surface area contributed by atoms with Crippen molar-refractivity contribution in [2.24, 2.45) is 5.92 Å². The molecule has 0 bridgehead atoms. The molecular formula is C45H31N3. The Balaban J connectivity index is 1.34. The van der Waals surface area contributed by atoms with Gasteiger partial charge in [0, 0.05) is 21.7 Å². The summed E-state index contributed by atoms with van der Waals surface area (Å²) >= 11 is 0. The lowest BCUT2D eigenvalue weighted by molar-refractivity contribution is 0.458. The molecule has 2 aromatic heterocycles. The van der Waals surface area contributed by atoms with Crippen molar-refractivity contribution >= 4 is 32.7 Å². The third-order valence-electron chi connectivity index (χ3n) is 10.5. The average Bonchev–Trinajstić information content (AvgIpc) is 3.64. The minimum Gasteiger partial charge on any atom is -0.278 e. The normalized spacial score (nSPS) is 18.0. The fraction of sp³-hybridized carbons (Fsp3) is 0.0667. The maximum atomic E-state index is 5.36. The summed E-state index contributed by atoms with van der Waals surface area (Å²) in [6.45, 7) is 0. The molecule has 0 saturated heterocycles. The van der Waals surface area contributed by atoms with Gasteiger partial charge in [-0.15, -0.1) is 0 Å². The molecule has 10 rings (SSSR count). The molecule has 0 amide bonds. The van der Waals surface area contributed by atoms with E-state index in [2.05, 4.69) is 174 Å². The minimum atomic E-state index is -0.358. The topological polar surface area (TPSA) is 30.7 Å². The molecule has 0 fully saturated rings. The van der Waals surface area contributed by atoms with Crippen LogP contribution in [0.4, 0.5) is 0 Å². The number of hydrogen-bond acceptors (Lipinski definition) is 2. The van der Waals surface area contributed by atoms with E-state index in [1.807, 2.05) is 0 Å². The van der Waals surface area contributed by atoms with Gasteiger partial charge < -0.3 is 0 Å². The highest BCUT2D eigenvalue weighted by molar-refractivity contribution is 6.12. The first-order valence-corrected chi connectivity index (χ1v) is 16.7. The van der Waals surface area contributed by atoms with Gasteiger partial charge in [-0.2, -0.15) is 0 Å². The molecule has 0 radical (unpaired) electrons. The standard InChI is InChI=1S/C45H31N3/c1-4-16-30(17-5-1)43-35-24-11-14-26-40(35)46-44(47-43)48-41-27-15-12-23-34(41)37-28-36-33-22-10-13-25-38(33)45(39(36)29-42(37)48,31-18-6-2-7-19-31)32-20-8-3-9-21-32/h1-20,22-29,32H,21H2. The first-order chi connectivity index (χ1) is 23.8. The highest BCUT2D eigenvalue weighted by Crippen LogP contribution is 2.59. The van der Waals surface area contributed by atoms with Crippen molar-refractivity contribution in [1.82, 2.24) is 14.5 Å². The lowest BCUT2D eigenvalue weighted by Crippen LogP contribution is -2.35. The second kappa shape index (κ2) is 10.5. The number of benzene rings is 6. The second-order valence-electron chi connectivity index (χ2n) is 12.9. The molecule has 48 heavy (non-hydrogen) atoms. The van der Waals surface area contributed by atoms with Crippen LogP contribution in [-0.4, -0.2) is 14.5 Å². The monoisotopic (exact) mass is 613 g/mol. The number of fused-ring (bicyclic) bond motifs is 7. The fourth-order valence-electron chi connectivity index (χ4n) is 8.49. The molecule has 3 nitrogen and oxygen atoms in total. The highest BCUT2D eigenvalue weighted by atomic mass is 15.2. The smallest absolute Gasteiger partial charge is 0.235 e. The Morgan fingerprint density at radius 3 is 2.12 bits per heavy atom. The summed E-state index contributed by atoms with van der Waals surface area (Å²) in [6.07, 6.45) is 10.1. The van der Waals surface area contributed by atoms with Gasteiger partial charge in [-0.1, -0.05) is 146 Å². The van der Waals surface area contributed by atoms with Gasteiger partial charge in [0.05, 0.1) is 27.7 Å². The molecule has 0 spiro atoms. The number of para-hydroxylation sites is 2. The van der Waals surface area contributed by atoms with Gasteiger partial charge in [0.15, 0.2) is 0 Å². The average molecular weight is 614 g/mol. The van der Waals surface area contributed by atoms with Gasteiger partial charge in [0.2, 0.25) is 5.95 Å². The molecule has 226 valence electrons. The van der Waals surface area contributed by atoms with Crippen LogP contribution < -0.4 is 0 Å². The van der Waals surface area contributed by atoms with Crippen molar-refractivity contribution in [3.05, 3.63) is 187 Å². The largest absolute Gasteiger partial charge is 0.278 e. The van der Waals surface area contributed by atoms with Crippen LogP contribution >= 0.6 is 0 Å². The van der Waals surface area contributed by atoms with Crippen molar-refractivity contribution in [2.75, 3.05) is 0 Å². The van der Waals surface area contributed by atoms with E-state index in [0.29, 0.717) is 5.95 Å². The molecule has 2 heterocycles. The van der Waals surface area contributed by atoms with Gasteiger partial charge in [-0.05, 0) is 64.4 Å². The van der Waals surface area contributed by atoms with E-state index in [9.17, 15) is 0 Å². The predicted octanol–water partition coefficient (Wildman–Crippen LogP) is 10.8. The van der Waals surface area contributed by atoms with Crippen LogP contribution in [0.3, 0.4) is 0 Å².